The molecule has 0 bridgehead atoms. The Morgan fingerprint density at radius 2 is 2.07 bits per heavy atom. The Bertz CT molecular complexity index is 171. The van der Waals surface area contributed by atoms with Gasteiger partial charge in [0.05, 0.1) is 6.61 Å². The highest BCUT2D eigenvalue weighted by molar-refractivity contribution is 5.75. The van der Waals surface area contributed by atoms with E-state index < -0.39 is 0 Å². The molecular weight excluding hydrogens is 190 g/mol. The van der Waals surface area contributed by atoms with Crippen molar-refractivity contribution < 1.29 is 9.53 Å². The summed E-state index contributed by atoms with van der Waals surface area (Å²) in [6, 6.07) is 0.576. The van der Waals surface area contributed by atoms with E-state index in [1.807, 2.05) is 0 Å². The molecule has 0 saturated carbocycles. The van der Waals surface area contributed by atoms with Crippen LogP contribution < -0.4 is 0 Å². The summed E-state index contributed by atoms with van der Waals surface area (Å²) in [4.78, 5) is 13.2. The zero-order chi connectivity index (χ0) is 11.7. The van der Waals surface area contributed by atoms with Gasteiger partial charge in [0.25, 0.3) is 0 Å². The number of carbonyl (C=O) groups is 1. The first kappa shape index (κ1) is 14.6. The number of carbonyl (C=O) groups excluding carboxylic acids is 1. The van der Waals surface area contributed by atoms with Gasteiger partial charge >= 0.3 is 0 Å². The van der Waals surface area contributed by atoms with E-state index in [4.69, 9.17) is 4.74 Å². The van der Waals surface area contributed by atoms with Crippen LogP contribution in [0.1, 0.15) is 40.0 Å². The number of hydrogen-bond donors (Lipinski definition) is 0. The van der Waals surface area contributed by atoms with Gasteiger partial charge in [0.1, 0.15) is 5.78 Å². The number of Topliss-reactive ketones (excluding diaryl/α,β-unsaturated/α-hetero) is 1. The quantitative estimate of drug-likeness (QED) is 0.590. The molecule has 90 valence electrons. The van der Waals surface area contributed by atoms with Crippen molar-refractivity contribution in [2.45, 2.75) is 46.1 Å². The molecule has 0 aromatic heterocycles. The topological polar surface area (TPSA) is 29.5 Å². The van der Waals surface area contributed by atoms with Crippen LogP contribution in [-0.2, 0) is 9.53 Å². The summed E-state index contributed by atoms with van der Waals surface area (Å²) in [6.45, 7) is 8.80. The summed E-state index contributed by atoms with van der Waals surface area (Å²) >= 11 is 0. The summed E-state index contributed by atoms with van der Waals surface area (Å²) in [7, 11) is 1.73. The molecule has 0 aromatic rings. The normalized spacial score (nSPS) is 13.1. The number of ketones is 1. The number of methoxy groups -OCH3 is 1. The van der Waals surface area contributed by atoms with Crippen molar-refractivity contribution in [3.05, 3.63) is 0 Å². The third-order valence-corrected chi connectivity index (χ3v) is 2.77. The minimum Gasteiger partial charge on any atom is -0.383 e. The molecular formula is C12H25NO2. The molecule has 0 spiro atoms. The fraction of sp³-hybridized carbons (Fsp3) is 0.917. The summed E-state index contributed by atoms with van der Waals surface area (Å²) in [6.07, 6.45) is 2.80. The maximum absolute atomic E-state index is 10.8. The van der Waals surface area contributed by atoms with Crippen LogP contribution >= 0.6 is 0 Å². The molecule has 3 nitrogen and oxygen atoms in total. The molecule has 0 aromatic carbocycles. The third-order valence-electron chi connectivity index (χ3n) is 2.77. The molecule has 3 heteroatoms. The van der Waals surface area contributed by atoms with Gasteiger partial charge in [0.2, 0.25) is 0 Å². The Morgan fingerprint density at radius 1 is 1.40 bits per heavy atom. The first-order valence-corrected chi connectivity index (χ1v) is 5.84. The first-order valence-electron chi connectivity index (χ1n) is 5.84. The number of nitrogens with zero attached hydrogens (tertiary/aromatic N) is 1. The Labute approximate surface area is 93.8 Å². The van der Waals surface area contributed by atoms with Crippen molar-refractivity contribution in [3.8, 4) is 0 Å². The van der Waals surface area contributed by atoms with E-state index in [1.54, 1.807) is 14.0 Å². The van der Waals surface area contributed by atoms with Crippen molar-refractivity contribution in [2.75, 3.05) is 26.8 Å². The molecule has 0 fully saturated rings. The van der Waals surface area contributed by atoms with Crippen molar-refractivity contribution >= 4 is 5.78 Å². The molecule has 0 amide bonds. The minimum atomic E-state index is 0.283. The predicted octanol–water partition coefficient (Wildman–Crippen LogP) is 2.10. The van der Waals surface area contributed by atoms with Gasteiger partial charge in [-0.15, -0.1) is 0 Å². The second-order valence-electron chi connectivity index (χ2n) is 4.09. The van der Waals surface area contributed by atoms with Crippen LogP contribution in [0, 0.1) is 0 Å². The molecule has 0 radical (unpaired) electrons. The Hall–Kier alpha value is -0.410. The van der Waals surface area contributed by atoms with Crippen LogP contribution in [-0.4, -0.2) is 43.5 Å². The van der Waals surface area contributed by atoms with Crippen molar-refractivity contribution in [3.63, 3.8) is 0 Å². The number of ether oxygens (including phenoxy) is 1. The summed E-state index contributed by atoms with van der Waals surface area (Å²) in [5, 5.41) is 0. The van der Waals surface area contributed by atoms with E-state index in [0.29, 0.717) is 12.5 Å². The number of rotatable bonds is 9. The average Bonchev–Trinajstić information content (AvgIpc) is 2.21. The first-order chi connectivity index (χ1) is 7.11. The van der Waals surface area contributed by atoms with Gasteiger partial charge in [-0.25, -0.2) is 0 Å². The summed E-state index contributed by atoms with van der Waals surface area (Å²) in [5.74, 6) is 0.283. The van der Waals surface area contributed by atoms with Gasteiger partial charge in [-0.2, -0.15) is 0 Å². The van der Waals surface area contributed by atoms with Crippen molar-refractivity contribution in [1.82, 2.24) is 4.90 Å². The Balaban J connectivity index is 3.84. The monoisotopic (exact) mass is 215 g/mol. The fourth-order valence-electron chi connectivity index (χ4n) is 1.55. The molecule has 0 aliphatic carbocycles. The van der Waals surface area contributed by atoms with Gasteiger partial charge in [0, 0.05) is 26.1 Å². The van der Waals surface area contributed by atoms with Crippen molar-refractivity contribution in [2.24, 2.45) is 0 Å². The van der Waals surface area contributed by atoms with Crippen LogP contribution in [0.2, 0.25) is 0 Å². The molecule has 0 N–H and O–H groups in total. The highest BCUT2D eigenvalue weighted by atomic mass is 16.5. The maximum Gasteiger partial charge on any atom is 0.129 e. The van der Waals surface area contributed by atoms with E-state index >= 15 is 0 Å². The van der Waals surface area contributed by atoms with Gasteiger partial charge in [-0.05, 0) is 33.2 Å². The number of hydrogen-bond acceptors (Lipinski definition) is 3. The lowest BCUT2D eigenvalue weighted by atomic mass is 10.2. The van der Waals surface area contributed by atoms with Crippen molar-refractivity contribution in [1.29, 1.82) is 0 Å². The maximum atomic E-state index is 10.8. The van der Waals surface area contributed by atoms with E-state index in [-0.39, 0.29) is 5.78 Å². The molecule has 0 aliphatic rings. The lowest BCUT2D eigenvalue weighted by Gasteiger charge is -2.27. The molecule has 1 unspecified atom stereocenters. The summed E-state index contributed by atoms with van der Waals surface area (Å²) < 4.78 is 5.09. The lowest BCUT2D eigenvalue weighted by molar-refractivity contribution is -0.117. The second kappa shape index (κ2) is 8.86. The Kier molecular flexibility index (Phi) is 8.62. The van der Waals surface area contributed by atoms with E-state index in [0.717, 1.165) is 32.5 Å². The van der Waals surface area contributed by atoms with E-state index in [9.17, 15) is 4.79 Å². The molecule has 0 rings (SSSR count). The standard InChI is InChI=1S/C12H25NO2/c1-5-11(2)13(9-10-15-4)8-6-7-12(3)14/h11H,5-10H2,1-4H3. The van der Waals surface area contributed by atoms with Gasteiger partial charge in [-0.3, -0.25) is 4.90 Å². The molecule has 15 heavy (non-hydrogen) atoms. The molecule has 1 atom stereocenters. The zero-order valence-electron chi connectivity index (χ0n) is 10.6. The highest BCUT2D eigenvalue weighted by Crippen LogP contribution is 2.05. The average molecular weight is 215 g/mol. The smallest absolute Gasteiger partial charge is 0.129 e. The SMILES string of the molecule is CCC(C)N(CCCC(C)=O)CCOC. The van der Waals surface area contributed by atoms with Crippen LogP contribution in [0.15, 0.2) is 0 Å². The highest BCUT2D eigenvalue weighted by Gasteiger charge is 2.11. The largest absolute Gasteiger partial charge is 0.383 e. The third kappa shape index (κ3) is 7.51. The molecule has 0 aliphatic heterocycles. The predicted molar refractivity (Wildman–Crippen MR) is 63.1 cm³/mol. The van der Waals surface area contributed by atoms with Gasteiger partial charge in [0.15, 0.2) is 0 Å². The van der Waals surface area contributed by atoms with Crippen LogP contribution in [0.4, 0.5) is 0 Å². The molecule has 0 saturated heterocycles. The fourth-order valence-corrected chi connectivity index (χ4v) is 1.55. The zero-order valence-corrected chi connectivity index (χ0v) is 10.6. The van der Waals surface area contributed by atoms with Crippen LogP contribution in [0.5, 0.6) is 0 Å². The summed E-state index contributed by atoms with van der Waals surface area (Å²) in [5.41, 5.74) is 0. The van der Waals surface area contributed by atoms with Gasteiger partial charge in [-0.1, -0.05) is 6.92 Å². The van der Waals surface area contributed by atoms with E-state index in [1.165, 1.54) is 0 Å². The lowest BCUT2D eigenvalue weighted by Crippen LogP contribution is -2.36. The van der Waals surface area contributed by atoms with Gasteiger partial charge < -0.3 is 9.53 Å². The van der Waals surface area contributed by atoms with E-state index in [2.05, 4.69) is 18.7 Å². The second-order valence-corrected chi connectivity index (χ2v) is 4.09. The van der Waals surface area contributed by atoms with Crippen LogP contribution in [0.25, 0.3) is 0 Å². The molecule has 0 heterocycles. The Morgan fingerprint density at radius 3 is 2.53 bits per heavy atom. The minimum absolute atomic E-state index is 0.283. The van der Waals surface area contributed by atoms with Crippen LogP contribution in [0.3, 0.4) is 0 Å².